The normalized spacial score (nSPS) is 12.0. The monoisotopic (exact) mass is 1020 g/mol. The summed E-state index contributed by atoms with van der Waals surface area (Å²) in [5, 5.41) is 27.4. The van der Waals surface area contributed by atoms with Gasteiger partial charge in [0.25, 0.3) is 20.2 Å². The number of unbranched alkanes of at least 4 members (excludes halogenated alkanes) is 1. The smallest absolute Gasteiger partial charge is 0.296 e. The quantitative estimate of drug-likeness (QED) is 0.0213. The number of nitrogens with one attached hydrogen (secondary N) is 2. The Hall–Kier alpha value is -6.98. The second-order valence-electron chi connectivity index (χ2n) is 15.8. The number of hydrogen-bond donors (Lipinski definition) is 4. The maximum atomic E-state index is 12.7. The highest BCUT2D eigenvalue weighted by Gasteiger charge is 2.23. The predicted octanol–water partition coefficient (Wildman–Crippen LogP) is 12.6. The van der Waals surface area contributed by atoms with Gasteiger partial charge in [-0.1, -0.05) is 85.8 Å². The van der Waals surface area contributed by atoms with E-state index in [9.17, 15) is 25.9 Å². The molecule has 22 heteroatoms. The van der Waals surface area contributed by atoms with Crippen LogP contribution in [0.2, 0.25) is 0 Å². The molecule has 1 aromatic heterocycles. The van der Waals surface area contributed by atoms with Gasteiger partial charge in [-0.2, -0.15) is 31.8 Å². The Balaban J connectivity index is 1.40. The Morgan fingerprint density at radius 1 is 0.577 bits per heavy atom. The molecule has 7 rings (SSSR count). The summed E-state index contributed by atoms with van der Waals surface area (Å²) in [6.45, 7) is 12.7. The summed E-state index contributed by atoms with van der Waals surface area (Å²) >= 11 is 1.43. The van der Waals surface area contributed by atoms with E-state index in [1.54, 1.807) is 72.8 Å². The molecule has 0 spiro atoms. The predicted molar refractivity (Wildman–Crippen MR) is 281 cm³/mol. The Kier molecular flexibility index (Phi) is 16.7. The largest absolute Gasteiger partial charge is 0.494 e. The van der Waals surface area contributed by atoms with Crippen molar-refractivity contribution in [3.63, 3.8) is 0 Å². The van der Waals surface area contributed by atoms with Crippen LogP contribution in [-0.2, 0) is 20.2 Å². The van der Waals surface area contributed by atoms with Crippen LogP contribution in [0.4, 0.5) is 57.4 Å². The average molecular weight is 1020 g/mol. The van der Waals surface area contributed by atoms with Crippen molar-refractivity contribution >= 4 is 111 Å². The SMILES string of the molecule is CCCCSc1nc(Nc2cc(N(CC)CC)c(OC)cc2N=Nc2c(S(=O)(=O)O)ccc3ccccc23)nc(Nc2cc(N(CC)CC)c(OC)cc2N=Nc2c(S(=O)(=O)O)ccc3ccccc23)n1. The highest BCUT2D eigenvalue weighted by Crippen LogP contribution is 2.44. The van der Waals surface area contributed by atoms with Crippen LogP contribution in [0.5, 0.6) is 11.5 Å². The van der Waals surface area contributed by atoms with Crippen LogP contribution >= 0.6 is 11.8 Å². The molecule has 6 aromatic carbocycles. The Bertz CT molecular complexity index is 3140. The van der Waals surface area contributed by atoms with Crippen molar-refractivity contribution in [3.8, 4) is 11.5 Å². The third-order valence-corrected chi connectivity index (χ3v) is 14.1. The van der Waals surface area contributed by atoms with E-state index in [-0.39, 0.29) is 34.6 Å². The van der Waals surface area contributed by atoms with Gasteiger partial charge in [-0.3, -0.25) is 9.11 Å². The zero-order chi connectivity index (χ0) is 50.9. The fourth-order valence-corrected chi connectivity index (χ4v) is 10.0. The van der Waals surface area contributed by atoms with Gasteiger partial charge >= 0.3 is 0 Å². The standard InChI is InChI=1S/C49H55N11O8S3/c1-8-13-26-69-49-53-47(50-35-27-39(59(9-2)10-3)41(67-6)29-37(35)55-57-45-33-20-16-14-18-31(33)22-24-43(45)70(61,62)63)52-48(54-49)51-36-28-40(60(11-4)12-5)42(68-7)30-38(36)56-58-46-34-21-17-15-19-32(34)23-25-44(46)71(64,65)66/h14-25,27-30H,8-13,26H2,1-7H3,(H,61,62,63)(H,64,65,66)(H2,50,51,52,53,54). The molecule has 0 aliphatic heterocycles. The van der Waals surface area contributed by atoms with E-state index >= 15 is 0 Å². The molecule has 0 fully saturated rings. The maximum Gasteiger partial charge on any atom is 0.296 e. The number of azo groups is 2. The molecule has 0 atom stereocenters. The molecule has 19 nitrogen and oxygen atoms in total. The molecule has 0 unspecified atom stereocenters. The molecule has 0 saturated carbocycles. The van der Waals surface area contributed by atoms with Crippen LogP contribution in [-0.4, -0.2) is 87.0 Å². The van der Waals surface area contributed by atoms with Gasteiger partial charge in [0.2, 0.25) is 11.9 Å². The molecule has 4 N–H and O–H groups in total. The van der Waals surface area contributed by atoms with Crippen LogP contribution in [0.1, 0.15) is 47.5 Å². The lowest BCUT2D eigenvalue weighted by Crippen LogP contribution is -2.22. The van der Waals surface area contributed by atoms with Gasteiger partial charge in [0.15, 0.2) is 5.16 Å². The lowest BCUT2D eigenvalue weighted by Gasteiger charge is -2.25. The molecular weight excluding hydrogens is 967 g/mol. The minimum absolute atomic E-state index is 0.0595. The molecule has 0 radical (unpaired) electrons. The number of anilines is 6. The van der Waals surface area contributed by atoms with E-state index < -0.39 is 30.0 Å². The average Bonchev–Trinajstić information content (AvgIpc) is 3.35. The second-order valence-corrected chi connectivity index (χ2v) is 19.6. The minimum atomic E-state index is -4.72. The highest BCUT2D eigenvalue weighted by atomic mass is 32.2. The van der Waals surface area contributed by atoms with Crippen molar-refractivity contribution in [2.24, 2.45) is 20.5 Å². The molecule has 0 saturated heterocycles. The number of hydrogen-bond acceptors (Lipinski definition) is 18. The van der Waals surface area contributed by atoms with Crippen LogP contribution in [0.3, 0.4) is 0 Å². The Morgan fingerprint density at radius 3 is 1.38 bits per heavy atom. The fourth-order valence-electron chi connectivity index (χ4n) is 7.81. The number of ether oxygens (including phenoxy) is 2. The third kappa shape index (κ3) is 12.0. The molecule has 0 aliphatic rings. The number of rotatable bonds is 22. The van der Waals surface area contributed by atoms with E-state index in [1.807, 2.05) is 39.8 Å². The second kappa shape index (κ2) is 22.8. The summed E-state index contributed by atoms with van der Waals surface area (Å²) in [6, 6.07) is 26.8. The molecule has 71 heavy (non-hydrogen) atoms. The van der Waals surface area contributed by atoms with Gasteiger partial charge < -0.3 is 29.9 Å². The van der Waals surface area contributed by atoms with Gasteiger partial charge in [0, 0.05) is 54.8 Å². The molecular formula is C49H55N11O8S3. The van der Waals surface area contributed by atoms with Crippen LogP contribution in [0, 0.1) is 0 Å². The zero-order valence-corrected chi connectivity index (χ0v) is 42.7. The number of aromatic nitrogens is 3. The van der Waals surface area contributed by atoms with E-state index in [4.69, 9.17) is 24.4 Å². The summed E-state index contributed by atoms with van der Waals surface area (Å²) in [6.07, 6.45) is 1.82. The van der Waals surface area contributed by atoms with Gasteiger partial charge in [-0.25, -0.2) is 0 Å². The van der Waals surface area contributed by atoms with Crippen molar-refractivity contribution < 1.29 is 35.4 Å². The zero-order valence-electron chi connectivity index (χ0n) is 40.3. The molecule has 0 aliphatic carbocycles. The topological polar surface area (TPSA) is 246 Å². The first kappa shape index (κ1) is 51.9. The molecule has 0 amide bonds. The number of fused-ring (bicyclic) bond motifs is 2. The Morgan fingerprint density at radius 2 is 1.00 bits per heavy atom. The van der Waals surface area contributed by atoms with E-state index in [1.165, 1.54) is 38.1 Å². The van der Waals surface area contributed by atoms with Crippen molar-refractivity contribution in [3.05, 3.63) is 97.1 Å². The van der Waals surface area contributed by atoms with E-state index in [0.29, 0.717) is 92.9 Å². The van der Waals surface area contributed by atoms with Gasteiger partial charge in [0.1, 0.15) is 44.0 Å². The molecule has 1 heterocycles. The fraction of sp³-hybridized carbons (Fsp3) is 0.286. The van der Waals surface area contributed by atoms with E-state index in [2.05, 4.69) is 47.8 Å². The lowest BCUT2D eigenvalue weighted by atomic mass is 10.1. The highest BCUT2D eigenvalue weighted by molar-refractivity contribution is 7.99. The maximum absolute atomic E-state index is 12.7. The number of benzene rings is 6. The van der Waals surface area contributed by atoms with Crippen molar-refractivity contribution in [1.82, 2.24) is 15.0 Å². The first-order chi connectivity index (χ1) is 34.1. The van der Waals surface area contributed by atoms with Gasteiger partial charge in [-0.05, 0) is 69.2 Å². The summed E-state index contributed by atoms with van der Waals surface area (Å²) in [5.74, 6) is 1.84. The minimum Gasteiger partial charge on any atom is -0.494 e. The van der Waals surface area contributed by atoms with Gasteiger partial charge in [-0.15, -0.1) is 20.5 Å². The first-order valence-electron chi connectivity index (χ1n) is 22.8. The van der Waals surface area contributed by atoms with E-state index in [0.717, 1.165) is 12.8 Å². The summed E-state index contributed by atoms with van der Waals surface area (Å²) in [5.41, 5.74) is 2.51. The molecule has 7 aromatic rings. The Labute approximate surface area is 417 Å². The van der Waals surface area contributed by atoms with Crippen LogP contribution in [0.25, 0.3) is 21.5 Å². The summed E-state index contributed by atoms with van der Waals surface area (Å²) in [4.78, 5) is 17.8. The van der Waals surface area contributed by atoms with Crippen LogP contribution in [0.15, 0.2) is 132 Å². The van der Waals surface area contributed by atoms with Crippen molar-refractivity contribution in [2.75, 3.05) is 66.6 Å². The molecule has 372 valence electrons. The summed E-state index contributed by atoms with van der Waals surface area (Å²) < 4.78 is 82.9. The summed E-state index contributed by atoms with van der Waals surface area (Å²) in [7, 11) is -6.36. The lowest BCUT2D eigenvalue weighted by molar-refractivity contribution is 0.414. The van der Waals surface area contributed by atoms with Crippen LogP contribution < -0.4 is 29.9 Å². The number of thioether (sulfide) groups is 1. The first-order valence-corrected chi connectivity index (χ1v) is 26.7. The third-order valence-electron chi connectivity index (χ3n) is 11.4. The van der Waals surface area contributed by atoms with Crippen molar-refractivity contribution in [1.29, 1.82) is 0 Å². The number of methoxy groups -OCH3 is 2. The number of nitrogens with zero attached hydrogens (tertiary/aromatic N) is 9. The van der Waals surface area contributed by atoms with Gasteiger partial charge in [0.05, 0.1) is 37.0 Å². The van der Waals surface area contributed by atoms with Crippen molar-refractivity contribution in [2.45, 2.75) is 62.4 Å². The molecule has 0 bridgehead atoms.